The van der Waals surface area contributed by atoms with Gasteiger partial charge in [-0.15, -0.1) is 0 Å². The maximum atomic E-state index is 5.88. The predicted octanol–water partition coefficient (Wildman–Crippen LogP) is 2.51. The first kappa shape index (κ1) is 11.6. The minimum atomic E-state index is 0.143. The number of fused-ring (bicyclic) bond motifs is 1. The molecular formula is C15H18N2O. The molecule has 1 N–H and O–H groups in total. The van der Waals surface area contributed by atoms with Crippen LogP contribution in [0.25, 0.3) is 10.9 Å². The first-order valence-electron chi connectivity index (χ1n) is 6.44. The van der Waals surface area contributed by atoms with Crippen LogP contribution in [0.15, 0.2) is 24.3 Å². The first-order valence-corrected chi connectivity index (χ1v) is 6.44. The Bertz CT molecular complexity index is 574. The van der Waals surface area contributed by atoms with Gasteiger partial charge in [0.25, 0.3) is 0 Å². The Morgan fingerprint density at radius 1 is 1.28 bits per heavy atom. The highest BCUT2D eigenvalue weighted by Crippen LogP contribution is 2.28. The highest BCUT2D eigenvalue weighted by Gasteiger charge is 2.18. The van der Waals surface area contributed by atoms with Crippen LogP contribution in [0.4, 0.5) is 0 Å². The van der Waals surface area contributed by atoms with Crippen molar-refractivity contribution in [3.63, 3.8) is 0 Å². The quantitative estimate of drug-likeness (QED) is 0.834. The van der Waals surface area contributed by atoms with Crippen molar-refractivity contribution in [3.8, 4) is 0 Å². The van der Waals surface area contributed by atoms with Crippen LogP contribution < -0.4 is 5.32 Å². The number of aromatic nitrogens is 1. The second-order valence-corrected chi connectivity index (χ2v) is 4.94. The fourth-order valence-corrected chi connectivity index (χ4v) is 2.54. The van der Waals surface area contributed by atoms with Crippen LogP contribution in [0, 0.1) is 13.8 Å². The van der Waals surface area contributed by atoms with E-state index in [1.54, 1.807) is 0 Å². The lowest BCUT2D eigenvalue weighted by Crippen LogP contribution is -2.33. The molecule has 0 spiro atoms. The molecule has 0 radical (unpaired) electrons. The summed E-state index contributed by atoms with van der Waals surface area (Å²) in [5, 5.41) is 4.60. The summed E-state index contributed by atoms with van der Waals surface area (Å²) >= 11 is 0. The Morgan fingerprint density at radius 2 is 2.17 bits per heavy atom. The fourth-order valence-electron chi connectivity index (χ4n) is 2.54. The SMILES string of the molecule is Cc1ccc2nc(C)cc(C3CNCCO3)c2c1. The summed E-state index contributed by atoms with van der Waals surface area (Å²) in [4.78, 5) is 4.60. The number of nitrogens with one attached hydrogen (secondary N) is 1. The van der Waals surface area contributed by atoms with E-state index in [-0.39, 0.29) is 6.10 Å². The van der Waals surface area contributed by atoms with Crippen molar-refractivity contribution < 1.29 is 4.74 Å². The van der Waals surface area contributed by atoms with E-state index >= 15 is 0 Å². The van der Waals surface area contributed by atoms with Crippen LogP contribution in [0.2, 0.25) is 0 Å². The van der Waals surface area contributed by atoms with Crippen molar-refractivity contribution in [2.75, 3.05) is 19.7 Å². The van der Waals surface area contributed by atoms with Gasteiger partial charge in [-0.1, -0.05) is 11.6 Å². The molecule has 1 aliphatic heterocycles. The van der Waals surface area contributed by atoms with Gasteiger partial charge in [-0.25, -0.2) is 0 Å². The molecule has 94 valence electrons. The van der Waals surface area contributed by atoms with Gasteiger partial charge < -0.3 is 10.1 Å². The van der Waals surface area contributed by atoms with Crippen LogP contribution in [0.3, 0.4) is 0 Å². The Hall–Kier alpha value is -1.45. The van der Waals surface area contributed by atoms with Gasteiger partial charge in [0.1, 0.15) is 0 Å². The van der Waals surface area contributed by atoms with Gasteiger partial charge in [-0.2, -0.15) is 0 Å². The second-order valence-electron chi connectivity index (χ2n) is 4.94. The van der Waals surface area contributed by atoms with E-state index < -0.39 is 0 Å². The second kappa shape index (κ2) is 4.67. The van der Waals surface area contributed by atoms with E-state index in [0.29, 0.717) is 0 Å². The molecule has 1 unspecified atom stereocenters. The Kier molecular flexibility index (Phi) is 3.02. The molecule has 1 fully saturated rings. The smallest absolute Gasteiger partial charge is 0.0957 e. The number of rotatable bonds is 1. The van der Waals surface area contributed by atoms with Crippen molar-refractivity contribution in [2.24, 2.45) is 0 Å². The molecule has 1 aliphatic rings. The normalized spacial score (nSPS) is 20.2. The summed E-state index contributed by atoms with van der Waals surface area (Å²) < 4.78 is 5.88. The van der Waals surface area contributed by atoms with Gasteiger partial charge in [-0.3, -0.25) is 4.98 Å². The average molecular weight is 242 g/mol. The highest BCUT2D eigenvalue weighted by molar-refractivity contribution is 5.83. The van der Waals surface area contributed by atoms with Crippen molar-refractivity contribution >= 4 is 10.9 Å². The van der Waals surface area contributed by atoms with Crippen molar-refractivity contribution in [1.82, 2.24) is 10.3 Å². The van der Waals surface area contributed by atoms with Crippen molar-refractivity contribution in [1.29, 1.82) is 0 Å². The molecule has 1 saturated heterocycles. The molecule has 3 nitrogen and oxygen atoms in total. The third-order valence-corrected chi connectivity index (χ3v) is 3.40. The largest absolute Gasteiger partial charge is 0.371 e. The predicted molar refractivity (Wildman–Crippen MR) is 72.8 cm³/mol. The number of aryl methyl sites for hydroxylation is 2. The van der Waals surface area contributed by atoms with E-state index in [9.17, 15) is 0 Å². The lowest BCUT2D eigenvalue weighted by atomic mass is 10.0. The lowest BCUT2D eigenvalue weighted by Gasteiger charge is -2.25. The average Bonchev–Trinajstić information content (AvgIpc) is 2.39. The summed E-state index contributed by atoms with van der Waals surface area (Å²) in [5.74, 6) is 0. The van der Waals surface area contributed by atoms with E-state index in [1.807, 2.05) is 6.92 Å². The van der Waals surface area contributed by atoms with E-state index in [0.717, 1.165) is 30.9 Å². The lowest BCUT2D eigenvalue weighted by molar-refractivity contribution is 0.0285. The molecule has 0 bridgehead atoms. The summed E-state index contributed by atoms with van der Waals surface area (Å²) in [5.41, 5.74) is 4.63. The summed E-state index contributed by atoms with van der Waals surface area (Å²) in [6, 6.07) is 8.56. The maximum absolute atomic E-state index is 5.88. The minimum Gasteiger partial charge on any atom is -0.371 e. The highest BCUT2D eigenvalue weighted by atomic mass is 16.5. The molecule has 0 amide bonds. The molecule has 3 heteroatoms. The molecule has 2 aromatic rings. The minimum absolute atomic E-state index is 0.143. The molecular weight excluding hydrogens is 224 g/mol. The van der Waals surface area contributed by atoms with Gasteiger partial charge in [0.2, 0.25) is 0 Å². The number of morpholine rings is 1. The number of ether oxygens (including phenoxy) is 1. The van der Waals surface area contributed by atoms with Crippen LogP contribution in [-0.4, -0.2) is 24.7 Å². The molecule has 2 heterocycles. The zero-order valence-electron chi connectivity index (χ0n) is 10.9. The summed E-state index contributed by atoms with van der Waals surface area (Å²) in [6.07, 6.45) is 0.143. The summed E-state index contributed by atoms with van der Waals surface area (Å²) in [7, 11) is 0. The molecule has 1 atom stereocenters. The third kappa shape index (κ3) is 2.11. The fraction of sp³-hybridized carbons (Fsp3) is 0.400. The van der Waals surface area contributed by atoms with E-state index in [2.05, 4.69) is 41.5 Å². The topological polar surface area (TPSA) is 34.2 Å². The maximum Gasteiger partial charge on any atom is 0.0957 e. The van der Waals surface area contributed by atoms with Crippen molar-refractivity contribution in [3.05, 3.63) is 41.1 Å². The first-order chi connectivity index (χ1) is 8.74. The van der Waals surface area contributed by atoms with Gasteiger partial charge in [-0.05, 0) is 37.6 Å². The standard InChI is InChI=1S/C15H18N2O/c1-10-3-4-14-12(7-10)13(8-11(2)17-14)15-9-16-5-6-18-15/h3-4,7-8,15-16H,5-6,9H2,1-2H3. The Labute approximate surface area is 107 Å². The van der Waals surface area contributed by atoms with E-state index in [1.165, 1.54) is 16.5 Å². The number of benzene rings is 1. The number of pyridine rings is 1. The monoisotopic (exact) mass is 242 g/mol. The third-order valence-electron chi connectivity index (χ3n) is 3.40. The van der Waals surface area contributed by atoms with Crippen LogP contribution in [-0.2, 0) is 4.74 Å². The van der Waals surface area contributed by atoms with Gasteiger partial charge in [0, 0.05) is 24.2 Å². The van der Waals surface area contributed by atoms with Gasteiger partial charge >= 0.3 is 0 Å². The van der Waals surface area contributed by atoms with Gasteiger partial charge in [0.15, 0.2) is 0 Å². The Balaban J connectivity index is 2.16. The van der Waals surface area contributed by atoms with Gasteiger partial charge in [0.05, 0.1) is 18.2 Å². The molecule has 18 heavy (non-hydrogen) atoms. The van der Waals surface area contributed by atoms with Crippen molar-refractivity contribution in [2.45, 2.75) is 20.0 Å². The number of hydrogen-bond donors (Lipinski definition) is 1. The van der Waals surface area contributed by atoms with Crippen LogP contribution in [0.5, 0.6) is 0 Å². The molecule has 0 aliphatic carbocycles. The number of nitrogens with zero attached hydrogens (tertiary/aromatic N) is 1. The van der Waals surface area contributed by atoms with E-state index in [4.69, 9.17) is 4.74 Å². The van der Waals surface area contributed by atoms with Crippen LogP contribution in [0.1, 0.15) is 22.9 Å². The van der Waals surface area contributed by atoms with Crippen LogP contribution >= 0.6 is 0 Å². The molecule has 0 saturated carbocycles. The summed E-state index contributed by atoms with van der Waals surface area (Å²) in [6.45, 7) is 6.76. The zero-order chi connectivity index (χ0) is 12.5. The molecule has 1 aromatic carbocycles. The number of hydrogen-bond acceptors (Lipinski definition) is 3. The zero-order valence-corrected chi connectivity index (χ0v) is 10.9. The Morgan fingerprint density at radius 3 is 2.94 bits per heavy atom. The molecule has 1 aromatic heterocycles. The molecule has 3 rings (SSSR count).